The van der Waals surface area contributed by atoms with E-state index in [1.54, 1.807) is 0 Å². The van der Waals surface area contributed by atoms with Crippen LogP contribution in [-0.2, 0) is 11.2 Å². The Labute approximate surface area is 116 Å². The summed E-state index contributed by atoms with van der Waals surface area (Å²) < 4.78 is 5.46. The number of benzene rings is 1. The lowest BCUT2D eigenvalue weighted by Crippen LogP contribution is -2.44. The van der Waals surface area contributed by atoms with Crippen LogP contribution in [0.3, 0.4) is 0 Å². The van der Waals surface area contributed by atoms with Crippen molar-refractivity contribution < 1.29 is 4.74 Å². The summed E-state index contributed by atoms with van der Waals surface area (Å²) in [5, 5.41) is 0. The Bertz CT molecular complexity index is 364. The predicted octanol–water partition coefficient (Wildman–Crippen LogP) is 3.12. The maximum absolute atomic E-state index is 5.46. The van der Waals surface area contributed by atoms with Gasteiger partial charge in [0.25, 0.3) is 0 Å². The van der Waals surface area contributed by atoms with Crippen molar-refractivity contribution in [2.75, 3.05) is 26.3 Å². The summed E-state index contributed by atoms with van der Waals surface area (Å²) in [6, 6.07) is 11.8. The monoisotopic (exact) mass is 259 g/mol. The SMILES string of the molecule is c1ccc(CC2CCN(C3CCOCC3)CC2)cc1. The Morgan fingerprint density at radius 2 is 1.63 bits per heavy atom. The maximum Gasteiger partial charge on any atom is 0.0480 e. The van der Waals surface area contributed by atoms with Crippen LogP contribution in [-0.4, -0.2) is 37.2 Å². The van der Waals surface area contributed by atoms with E-state index in [0.717, 1.165) is 25.2 Å². The Hall–Kier alpha value is -0.860. The summed E-state index contributed by atoms with van der Waals surface area (Å²) in [5.74, 6) is 0.887. The second-order valence-corrected chi connectivity index (χ2v) is 6.01. The first kappa shape index (κ1) is 13.1. The Morgan fingerprint density at radius 1 is 0.947 bits per heavy atom. The molecule has 0 aliphatic carbocycles. The van der Waals surface area contributed by atoms with Gasteiger partial charge in [0.1, 0.15) is 0 Å². The van der Waals surface area contributed by atoms with Gasteiger partial charge in [0.05, 0.1) is 0 Å². The second-order valence-electron chi connectivity index (χ2n) is 6.01. The number of ether oxygens (including phenoxy) is 1. The van der Waals surface area contributed by atoms with Gasteiger partial charge in [0, 0.05) is 19.3 Å². The zero-order valence-corrected chi connectivity index (χ0v) is 11.8. The molecule has 0 spiro atoms. The van der Waals surface area contributed by atoms with Gasteiger partial charge in [-0.25, -0.2) is 0 Å². The molecule has 3 rings (SSSR count). The van der Waals surface area contributed by atoms with Crippen molar-refractivity contribution in [3.05, 3.63) is 35.9 Å². The third-order valence-corrected chi connectivity index (χ3v) is 4.72. The highest BCUT2D eigenvalue weighted by atomic mass is 16.5. The van der Waals surface area contributed by atoms with E-state index in [1.807, 2.05) is 0 Å². The third kappa shape index (κ3) is 3.58. The molecule has 0 saturated carbocycles. The molecule has 0 bridgehead atoms. The van der Waals surface area contributed by atoms with Crippen LogP contribution in [0.1, 0.15) is 31.2 Å². The van der Waals surface area contributed by atoms with Gasteiger partial charge in [0.2, 0.25) is 0 Å². The van der Waals surface area contributed by atoms with E-state index in [-0.39, 0.29) is 0 Å². The van der Waals surface area contributed by atoms with E-state index in [2.05, 4.69) is 35.2 Å². The van der Waals surface area contributed by atoms with E-state index in [4.69, 9.17) is 4.74 Å². The summed E-state index contributed by atoms with van der Waals surface area (Å²) in [6.07, 6.45) is 6.48. The first-order valence-electron chi connectivity index (χ1n) is 7.77. The fraction of sp³-hybridized carbons (Fsp3) is 0.647. The van der Waals surface area contributed by atoms with E-state index in [9.17, 15) is 0 Å². The van der Waals surface area contributed by atoms with Crippen LogP contribution in [0.4, 0.5) is 0 Å². The highest BCUT2D eigenvalue weighted by Gasteiger charge is 2.26. The number of nitrogens with zero attached hydrogens (tertiary/aromatic N) is 1. The van der Waals surface area contributed by atoms with Crippen LogP contribution in [0.5, 0.6) is 0 Å². The fourth-order valence-corrected chi connectivity index (χ4v) is 3.52. The van der Waals surface area contributed by atoms with Crippen LogP contribution in [0.15, 0.2) is 30.3 Å². The molecule has 0 atom stereocenters. The average Bonchev–Trinajstić information content (AvgIpc) is 2.50. The smallest absolute Gasteiger partial charge is 0.0480 e. The number of piperidine rings is 1. The standard InChI is InChI=1S/C17H25NO/c1-2-4-15(5-3-1)14-16-6-10-18(11-7-16)17-8-12-19-13-9-17/h1-5,16-17H,6-14H2. The van der Waals surface area contributed by atoms with Gasteiger partial charge in [-0.3, -0.25) is 0 Å². The molecule has 2 fully saturated rings. The highest BCUT2D eigenvalue weighted by molar-refractivity contribution is 5.15. The van der Waals surface area contributed by atoms with Crippen LogP contribution < -0.4 is 0 Å². The van der Waals surface area contributed by atoms with Gasteiger partial charge in [0.15, 0.2) is 0 Å². The lowest BCUT2D eigenvalue weighted by atomic mass is 9.89. The number of rotatable bonds is 3. The Morgan fingerprint density at radius 3 is 2.32 bits per heavy atom. The molecule has 2 nitrogen and oxygen atoms in total. The molecule has 19 heavy (non-hydrogen) atoms. The maximum atomic E-state index is 5.46. The van der Waals surface area contributed by atoms with Gasteiger partial charge in [-0.2, -0.15) is 0 Å². The molecule has 0 radical (unpaired) electrons. The fourth-order valence-electron chi connectivity index (χ4n) is 3.52. The van der Waals surface area contributed by atoms with Crippen molar-refractivity contribution in [1.82, 2.24) is 4.90 Å². The average molecular weight is 259 g/mol. The van der Waals surface area contributed by atoms with Crippen LogP contribution in [0.25, 0.3) is 0 Å². The summed E-state index contributed by atoms with van der Waals surface area (Å²) in [4.78, 5) is 2.71. The van der Waals surface area contributed by atoms with Crippen molar-refractivity contribution >= 4 is 0 Å². The van der Waals surface area contributed by atoms with Crippen LogP contribution in [0.2, 0.25) is 0 Å². The molecule has 2 saturated heterocycles. The van der Waals surface area contributed by atoms with Crippen molar-refractivity contribution in [3.8, 4) is 0 Å². The lowest BCUT2D eigenvalue weighted by Gasteiger charge is -2.39. The first-order valence-corrected chi connectivity index (χ1v) is 7.77. The topological polar surface area (TPSA) is 12.5 Å². The van der Waals surface area contributed by atoms with Crippen LogP contribution in [0, 0.1) is 5.92 Å². The highest BCUT2D eigenvalue weighted by Crippen LogP contribution is 2.25. The molecular weight excluding hydrogens is 234 g/mol. The quantitative estimate of drug-likeness (QED) is 0.827. The molecule has 2 heterocycles. The van der Waals surface area contributed by atoms with E-state index in [1.165, 1.54) is 50.8 Å². The number of likely N-dealkylation sites (tertiary alicyclic amines) is 1. The Balaban J connectivity index is 1.46. The molecule has 1 aromatic carbocycles. The Kier molecular flexibility index (Phi) is 4.52. The molecule has 104 valence electrons. The normalized spacial score (nSPS) is 23.6. The van der Waals surface area contributed by atoms with Crippen molar-refractivity contribution in [2.24, 2.45) is 5.92 Å². The van der Waals surface area contributed by atoms with Gasteiger partial charge < -0.3 is 9.64 Å². The first-order chi connectivity index (χ1) is 9.42. The van der Waals surface area contributed by atoms with Crippen molar-refractivity contribution in [2.45, 2.75) is 38.1 Å². The van der Waals surface area contributed by atoms with Gasteiger partial charge in [-0.15, -0.1) is 0 Å². The van der Waals surface area contributed by atoms with Gasteiger partial charge in [-0.05, 0) is 56.7 Å². The minimum absolute atomic E-state index is 0.798. The summed E-state index contributed by atoms with van der Waals surface area (Å²) in [6.45, 7) is 4.52. The lowest BCUT2D eigenvalue weighted by molar-refractivity contribution is 0.0211. The molecule has 2 heteroatoms. The second kappa shape index (κ2) is 6.53. The molecular formula is C17H25NO. The number of hydrogen-bond acceptors (Lipinski definition) is 2. The largest absolute Gasteiger partial charge is 0.381 e. The summed E-state index contributed by atoms with van der Waals surface area (Å²) in [5.41, 5.74) is 1.51. The van der Waals surface area contributed by atoms with Crippen molar-refractivity contribution in [1.29, 1.82) is 0 Å². The molecule has 0 amide bonds. The van der Waals surface area contributed by atoms with E-state index < -0.39 is 0 Å². The number of hydrogen-bond donors (Lipinski definition) is 0. The molecule has 0 aromatic heterocycles. The molecule has 2 aliphatic rings. The molecule has 0 N–H and O–H groups in total. The van der Waals surface area contributed by atoms with Crippen molar-refractivity contribution in [3.63, 3.8) is 0 Å². The van der Waals surface area contributed by atoms with E-state index in [0.29, 0.717) is 0 Å². The third-order valence-electron chi connectivity index (χ3n) is 4.72. The molecule has 0 unspecified atom stereocenters. The summed E-state index contributed by atoms with van der Waals surface area (Å²) >= 11 is 0. The summed E-state index contributed by atoms with van der Waals surface area (Å²) in [7, 11) is 0. The van der Waals surface area contributed by atoms with Gasteiger partial charge in [-0.1, -0.05) is 30.3 Å². The minimum Gasteiger partial charge on any atom is -0.381 e. The molecule has 1 aromatic rings. The zero-order chi connectivity index (χ0) is 12.9. The zero-order valence-electron chi connectivity index (χ0n) is 11.8. The van der Waals surface area contributed by atoms with Crippen LogP contribution >= 0.6 is 0 Å². The van der Waals surface area contributed by atoms with E-state index >= 15 is 0 Å². The predicted molar refractivity (Wildman–Crippen MR) is 78.3 cm³/mol. The van der Waals surface area contributed by atoms with Gasteiger partial charge >= 0.3 is 0 Å². The molecule has 2 aliphatic heterocycles. The minimum atomic E-state index is 0.798.